The van der Waals surface area contributed by atoms with Crippen LogP contribution in [0.4, 0.5) is 14.9 Å². The molecule has 3 amide bonds. The minimum atomic E-state index is -2.11. The third-order valence-corrected chi connectivity index (χ3v) is 4.84. The molecule has 29 heavy (non-hydrogen) atoms. The molecule has 154 valence electrons. The van der Waals surface area contributed by atoms with E-state index in [1.807, 2.05) is 30.3 Å². The molecule has 2 aromatic rings. The Bertz CT molecular complexity index is 877. The summed E-state index contributed by atoms with van der Waals surface area (Å²) in [6.07, 6.45) is -0.0486. The summed E-state index contributed by atoms with van der Waals surface area (Å²) < 4.78 is 25.5. The van der Waals surface area contributed by atoms with Crippen LogP contribution in [0.3, 0.4) is 0 Å². The quantitative estimate of drug-likeness (QED) is 0.780. The second kappa shape index (κ2) is 8.81. The van der Waals surface area contributed by atoms with E-state index >= 15 is 4.39 Å². The van der Waals surface area contributed by atoms with Gasteiger partial charge in [-0.25, -0.2) is 9.18 Å². The standard InChI is InChI=1S/C21H24FN3O4/c1-28-17-9-8-16(12-18(17)29-2)24-20(27)25-11-10-21(22,14-25)19(26)23-13-15-6-4-3-5-7-15/h3-9,12H,10-11,13-14H2,1-2H3,(H,23,26)(H,24,27). The highest BCUT2D eigenvalue weighted by Crippen LogP contribution is 2.31. The van der Waals surface area contributed by atoms with E-state index in [2.05, 4.69) is 10.6 Å². The maximum absolute atomic E-state index is 15.1. The molecule has 0 saturated carbocycles. The zero-order chi connectivity index (χ0) is 20.9. The largest absolute Gasteiger partial charge is 0.493 e. The van der Waals surface area contributed by atoms with Gasteiger partial charge in [-0.1, -0.05) is 30.3 Å². The molecule has 1 fully saturated rings. The first-order valence-corrected chi connectivity index (χ1v) is 9.24. The molecular formula is C21H24FN3O4. The van der Waals surface area contributed by atoms with Crippen molar-refractivity contribution in [2.75, 3.05) is 32.6 Å². The van der Waals surface area contributed by atoms with Gasteiger partial charge in [-0.15, -0.1) is 0 Å². The van der Waals surface area contributed by atoms with Gasteiger partial charge in [-0.3, -0.25) is 4.79 Å². The highest BCUT2D eigenvalue weighted by atomic mass is 19.1. The lowest BCUT2D eigenvalue weighted by Gasteiger charge is -2.21. The van der Waals surface area contributed by atoms with E-state index in [0.717, 1.165) is 5.56 Å². The van der Waals surface area contributed by atoms with Crippen LogP contribution in [0.15, 0.2) is 48.5 Å². The normalized spacial score (nSPS) is 18.2. The average Bonchev–Trinajstić information content (AvgIpc) is 3.16. The number of alkyl halides is 1. The Balaban J connectivity index is 1.57. The lowest BCUT2D eigenvalue weighted by molar-refractivity contribution is -0.132. The van der Waals surface area contributed by atoms with Crippen molar-refractivity contribution >= 4 is 17.6 Å². The Kier molecular flexibility index (Phi) is 6.21. The molecule has 0 aromatic heterocycles. The Morgan fingerprint density at radius 3 is 2.52 bits per heavy atom. The first-order valence-electron chi connectivity index (χ1n) is 9.24. The molecular weight excluding hydrogens is 377 g/mol. The highest BCUT2D eigenvalue weighted by Gasteiger charge is 2.46. The Morgan fingerprint density at radius 2 is 1.83 bits per heavy atom. The van der Waals surface area contributed by atoms with E-state index in [4.69, 9.17) is 9.47 Å². The fourth-order valence-corrected chi connectivity index (χ4v) is 3.18. The number of hydrogen-bond acceptors (Lipinski definition) is 4. The van der Waals surface area contributed by atoms with E-state index in [1.165, 1.54) is 19.1 Å². The molecule has 8 heteroatoms. The van der Waals surface area contributed by atoms with Crippen molar-refractivity contribution in [1.29, 1.82) is 0 Å². The van der Waals surface area contributed by atoms with Crippen molar-refractivity contribution in [3.63, 3.8) is 0 Å². The molecule has 1 atom stereocenters. The van der Waals surface area contributed by atoms with Crippen LogP contribution in [0.2, 0.25) is 0 Å². The Morgan fingerprint density at radius 1 is 1.10 bits per heavy atom. The second-order valence-electron chi connectivity index (χ2n) is 6.81. The molecule has 3 rings (SSSR count). The minimum absolute atomic E-state index is 0.0486. The number of ether oxygens (including phenoxy) is 2. The summed E-state index contributed by atoms with van der Waals surface area (Å²) in [5.41, 5.74) is -0.743. The van der Waals surface area contributed by atoms with Gasteiger partial charge in [0.2, 0.25) is 5.67 Å². The van der Waals surface area contributed by atoms with Crippen LogP contribution in [0.5, 0.6) is 11.5 Å². The molecule has 1 unspecified atom stereocenters. The van der Waals surface area contributed by atoms with Crippen molar-refractivity contribution in [1.82, 2.24) is 10.2 Å². The lowest BCUT2D eigenvalue weighted by atomic mass is 10.0. The molecule has 1 saturated heterocycles. The van der Waals surface area contributed by atoms with Gasteiger partial charge in [-0.05, 0) is 17.7 Å². The van der Waals surface area contributed by atoms with E-state index in [1.54, 1.807) is 18.2 Å². The summed E-state index contributed by atoms with van der Waals surface area (Å²) in [5, 5.41) is 5.31. The first-order chi connectivity index (χ1) is 13.9. The van der Waals surface area contributed by atoms with Crippen molar-refractivity contribution in [2.24, 2.45) is 0 Å². The van der Waals surface area contributed by atoms with Gasteiger partial charge >= 0.3 is 6.03 Å². The number of carbonyl (C=O) groups is 2. The van der Waals surface area contributed by atoms with E-state index in [9.17, 15) is 9.59 Å². The molecule has 2 aromatic carbocycles. The summed E-state index contributed by atoms with van der Waals surface area (Å²) in [6.45, 7) is 0.0876. The zero-order valence-electron chi connectivity index (χ0n) is 16.4. The SMILES string of the molecule is COc1ccc(NC(=O)N2CCC(F)(C(=O)NCc3ccccc3)C2)cc1OC. The maximum Gasteiger partial charge on any atom is 0.321 e. The van der Waals surface area contributed by atoms with Gasteiger partial charge in [-0.2, -0.15) is 0 Å². The third-order valence-electron chi connectivity index (χ3n) is 4.84. The number of rotatable bonds is 6. The van der Waals surface area contributed by atoms with Crippen molar-refractivity contribution in [3.05, 3.63) is 54.1 Å². The summed E-state index contributed by atoms with van der Waals surface area (Å²) in [5.74, 6) is 0.291. The van der Waals surface area contributed by atoms with Crippen molar-refractivity contribution in [2.45, 2.75) is 18.6 Å². The molecule has 2 N–H and O–H groups in total. The number of benzene rings is 2. The van der Waals surface area contributed by atoms with Crippen LogP contribution in [-0.2, 0) is 11.3 Å². The van der Waals surface area contributed by atoms with Crippen LogP contribution in [0, 0.1) is 0 Å². The maximum atomic E-state index is 15.1. The predicted octanol–water partition coefficient (Wildman–Crippen LogP) is 2.97. The summed E-state index contributed by atoms with van der Waals surface area (Å²) in [7, 11) is 3.01. The topological polar surface area (TPSA) is 79.9 Å². The summed E-state index contributed by atoms with van der Waals surface area (Å²) in [6, 6.07) is 13.7. The monoisotopic (exact) mass is 401 g/mol. The number of hydrogen-bond donors (Lipinski definition) is 2. The molecule has 0 spiro atoms. The Labute approximate surface area is 168 Å². The van der Waals surface area contributed by atoms with Gasteiger partial charge in [0, 0.05) is 31.3 Å². The number of carbonyl (C=O) groups excluding carboxylic acids is 2. The Hall–Kier alpha value is -3.29. The summed E-state index contributed by atoms with van der Waals surface area (Å²) in [4.78, 5) is 26.1. The fraction of sp³-hybridized carbons (Fsp3) is 0.333. The van der Waals surface area contributed by atoms with Gasteiger partial charge < -0.3 is 25.0 Å². The molecule has 1 aliphatic heterocycles. The van der Waals surface area contributed by atoms with Crippen LogP contribution in [0.25, 0.3) is 0 Å². The average molecular weight is 401 g/mol. The molecule has 1 heterocycles. The third kappa shape index (κ3) is 4.77. The van der Waals surface area contributed by atoms with Crippen LogP contribution in [0.1, 0.15) is 12.0 Å². The van der Waals surface area contributed by atoms with Crippen molar-refractivity contribution < 1.29 is 23.5 Å². The number of methoxy groups -OCH3 is 2. The minimum Gasteiger partial charge on any atom is -0.493 e. The highest BCUT2D eigenvalue weighted by molar-refractivity contribution is 5.92. The van der Waals surface area contributed by atoms with Gasteiger partial charge in [0.05, 0.1) is 20.8 Å². The van der Waals surface area contributed by atoms with Gasteiger partial charge in [0.1, 0.15) is 0 Å². The summed E-state index contributed by atoms with van der Waals surface area (Å²) >= 11 is 0. The molecule has 0 radical (unpaired) electrons. The smallest absolute Gasteiger partial charge is 0.321 e. The molecule has 7 nitrogen and oxygen atoms in total. The number of amides is 3. The number of likely N-dealkylation sites (tertiary alicyclic amines) is 1. The zero-order valence-corrected chi connectivity index (χ0v) is 16.4. The molecule has 1 aliphatic rings. The van der Waals surface area contributed by atoms with Gasteiger partial charge in [0.15, 0.2) is 11.5 Å². The van der Waals surface area contributed by atoms with Crippen molar-refractivity contribution in [3.8, 4) is 11.5 Å². The number of anilines is 1. The van der Waals surface area contributed by atoms with E-state index in [-0.39, 0.29) is 26.1 Å². The second-order valence-corrected chi connectivity index (χ2v) is 6.81. The van der Waals surface area contributed by atoms with E-state index in [0.29, 0.717) is 17.2 Å². The number of nitrogens with zero attached hydrogens (tertiary/aromatic N) is 1. The fourth-order valence-electron chi connectivity index (χ4n) is 3.18. The number of urea groups is 1. The van der Waals surface area contributed by atoms with E-state index < -0.39 is 17.6 Å². The van der Waals surface area contributed by atoms with Crippen LogP contribution < -0.4 is 20.1 Å². The number of nitrogens with one attached hydrogen (secondary N) is 2. The molecule has 0 aliphatic carbocycles. The molecule has 0 bridgehead atoms. The van der Waals surface area contributed by atoms with Gasteiger partial charge in [0.25, 0.3) is 5.91 Å². The van der Waals surface area contributed by atoms with Crippen LogP contribution in [-0.4, -0.2) is 49.8 Å². The van der Waals surface area contributed by atoms with Crippen LogP contribution >= 0.6 is 0 Å². The first kappa shape index (κ1) is 20.4. The lowest BCUT2D eigenvalue weighted by Crippen LogP contribution is -2.46. The number of halogens is 1. The predicted molar refractivity (Wildman–Crippen MR) is 107 cm³/mol.